The van der Waals surface area contributed by atoms with E-state index in [2.05, 4.69) is 70.6 Å². The predicted molar refractivity (Wildman–Crippen MR) is 76.1 cm³/mol. The molecule has 1 heterocycles. The van der Waals surface area contributed by atoms with E-state index in [0.29, 0.717) is 5.92 Å². The smallest absolute Gasteiger partial charge is 0.0204 e. The van der Waals surface area contributed by atoms with Gasteiger partial charge in [0.2, 0.25) is 0 Å². The molecular weight excluding hydrogens is 288 g/mol. The van der Waals surface area contributed by atoms with E-state index in [9.17, 15) is 0 Å². The summed E-state index contributed by atoms with van der Waals surface area (Å²) in [6, 6.07) is 8.78. The molecule has 2 rings (SSSR count). The van der Waals surface area contributed by atoms with Crippen molar-refractivity contribution in [2.45, 2.75) is 18.1 Å². The fourth-order valence-corrected chi connectivity index (χ4v) is 5.01. The zero-order chi connectivity index (χ0) is 10.7. The Kier molecular flexibility index (Phi) is 4.47. The van der Waals surface area contributed by atoms with Gasteiger partial charge in [0.05, 0.1) is 0 Å². The van der Waals surface area contributed by atoms with Gasteiger partial charge in [0, 0.05) is 27.0 Å². The Morgan fingerprint density at radius 2 is 2.00 bits per heavy atom. The number of thioether (sulfide) groups is 2. The summed E-state index contributed by atoms with van der Waals surface area (Å²) in [6.45, 7) is 2.35. The molecule has 3 heteroatoms. The van der Waals surface area contributed by atoms with Gasteiger partial charge >= 0.3 is 0 Å². The maximum atomic E-state index is 3.48. The molecule has 0 radical (unpaired) electrons. The Morgan fingerprint density at radius 3 is 2.60 bits per heavy atom. The second-order valence-electron chi connectivity index (χ2n) is 3.82. The first kappa shape index (κ1) is 11.9. The highest BCUT2D eigenvalue weighted by Gasteiger charge is 2.21. The lowest BCUT2D eigenvalue weighted by Gasteiger charge is -2.27. The molecule has 0 saturated carbocycles. The average molecular weight is 303 g/mol. The van der Waals surface area contributed by atoms with Gasteiger partial charge < -0.3 is 0 Å². The Labute approximate surface area is 109 Å². The average Bonchev–Trinajstić information content (AvgIpc) is 2.30. The normalized spacial score (nSPS) is 23.7. The molecule has 0 amide bonds. The van der Waals surface area contributed by atoms with Gasteiger partial charge in [0.15, 0.2) is 0 Å². The van der Waals surface area contributed by atoms with Crippen molar-refractivity contribution in [2.75, 3.05) is 17.3 Å². The van der Waals surface area contributed by atoms with Gasteiger partial charge in [0.1, 0.15) is 0 Å². The number of hydrogen-bond donors (Lipinski definition) is 0. The minimum atomic E-state index is 0.677. The van der Waals surface area contributed by atoms with Gasteiger partial charge in [-0.15, -0.1) is 0 Å². The van der Waals surface area contributed by atoms with E-state index in [1.807, 2.05) is 0 Å². The maximum Gasteiger partial charge on any atom is 0.0204 e. The molecule has 1 aliphatic heterocycles. The molecule has 0 bridgehead atoms. The largest absolute Gasteiger partial charge is 0.160 e. The van der Waals surface area contributed by atoms with E-state index in [-0.39, 0.29) is 0 Å². The molecule has 2 atom stereocenters. The molecule has 1 aromatic carbocycles. The third-order valence-corrected chi connectivity index (χ3v) is 6.32. The summed E-state index contributed by atoms with van der Waals surface area (Å²) < 4.78 is 1.17. The lowest BCUT2D eigenvalue weighted by Crippen LogP contribution is -2.20. The Bertz CT molecular complexity index is 304. The summed E-state index contributed by atoms with van der Waals surface area (Å²) in [5, 5.41) is 0.796. The zero-order valence-electron chi connectivity index (χ0n) is 8.78. The summed E-state index contributed by atoms with van der Waals surface area (Å²) >= 11 is 7.72. The highest BCUT2D eigenvalue weighted by molar-refractivity contribution is 9.10. The Morgan fingerprint density at radius 1 is 1.27 bits per heavy atom. The molecule has 1 aliphatic rings. The molecule has 0 nitrogen and oxygen atoms in total. The van der Waals surface area contributed by atoms with Crippen molar-refractivity contribution in [2.24, 2.45) is 0 Å². The first-order valence-electron chi connectivity index (χ1n) is 5.22. The standard InChI is InChI=1S/C12H15BrS2/c1-9(12-8-14-6-7-15-12)10-2-4-11(13)5-3-10/h2-5,9,12H,6-8H2,1H3. The number of halogens is 1. The molecule has 0 aromatic heterocycles. The van der Waals surface area contributed by atoms with Crippen LogP contribution in [0.1, 0.15) is 18.4 Å². The molecule has 1 aromatic rings. The van der Waals surface area contributed by atoms with Crippen LogP contribution in [0.2, 0.25) is 0 Å². The van der Waals surface area contributed by atoms with Crippen LogP contribution in [-0.4, -0.2) is 22.5 Å². The molecule has 0 N–H and O–H groups in total. The van der Waals surface area contributed by atoms with Crippen LogP contribution < -0.4 is 0 Å². The lowest BCUT2D eigenvalue weighted by atomic mass is 9.98. The molecule has 0 aliphatic carbocycles. The summed E-state index contributed by atoms with van der Waals surface area (Å²) in [7, 11) is 0. The summed E-state index contributed by atoms with van der Waals surface area (Å²) in [5.41, 5.74) is 1.47. The fourth-order valence-electron chi connectivity index (χ4n) is 1.78. The molecule has 82 valence electrons. The topological polar surface area (TPSA) is 0 Å². The number of benzene rings is 1. The third kappa shape index (κ3) is 3.18. The van der Waals surface area contributed by atoms with Crippen LogP contribution in [0.15, 0.2) is 28.7 Å². The van der Waals surface area contributed by atoms with E-state index >= 15 is 0 Å². The van der Waals surface area contributed by atoms with Gasteiger partial charge in [-0.1, -0.05) is 35.0 Å². The van der Waals surface area contributed by atoms with Gasteiger partial charge in [-0.25, -0.2) is 0 Å². The van der Waals surface area contributed by atoms with Crippen molar-refractivity contribution in [3.8, 4) is 0 Å². The lowest BCUT2D eigenvalue weighted by molar-refractivity contribution is 0.756. The first-order chi connectivity index (χ1) is 7.27. The van der Waals surface area contributed by atoms with E-state index < -0.39 is 0 Å². The fraction of sp³-hybridized carbons (Fsp3) is 0.500. The monoisotopic (exact) mass is 302 g/mol. The zero-order valence-corrected chi connectivity index (χ0v) is 12.0. The highest BCUT2D eigenvalue weighted by atomic mass is 79.9. The third-order valence-electron chi connectivity index (χ3n) is 2.80. The second kappa shape index (κ2) is 5.65. The van der Waals surface area contributed by atoms with Crippen LogP contribution in [0.3, 0.4) is 0 Å². The van der Waals surface area contributed by atoms with Crippen molar-refractivity contribution < 1.29 is 0 Å². The number of hydrogen-bond acceptors (Lipinski definition) is 2. The Hall–Kier alpha value is 0.400. The summed E-state index contributed by atoms with van der Waals surface area (Å²) in [4.78, 5) is 0. The first-order valence-corrected chi connectivity index (χ1v) is 8.22. The molecule has 1 saturated heterocycles. The number of rotatable bonds is 2. The Balaban J connectivity index is 2.05. The minimum Gasteiger partial charge on any atom is -0.160 e. The van der Waals surface area contributed by atoms with Crippen LogP contribution in [-0.2, 0) is 0 Å². The molecular formula is C12H15BrS2. The van der Waals surface area contributed by atoms with E-state index in [4.69, 9.17) is 0 Å². The molecule has 0 spiro atoms. The quantitative estimate of drug-likeness (QED) is 0.794. The predicted octanol–water partition coefficient (Wildman–Crippen LogP) is 4.40. The van der Waals surface area contributed by atoms with Gasteiger partial charge in [-0.2, -0.15) is 23.5 Å². The van der Waals surface area contributed by atoms with Gasteiger partial charge in [-0.3, -0.25) is 0 Å². The van der Waals surface area contributed by atoms with Crippen LogP contribution >= 0.6 is 39.5 Å². The van der Waals surface area contributed by atoms with Gasteiger partial charge in [0.25, 0.3) is 0 Å². The summed E-state index contributed by atoms with van der Waals surface area (Å²) in [5.74, 6) is 4.63. The molecule has 15 heavy (non-hydrogen) atoms. The SMILES string of the molecule is CC(c1ccc(Br)cc1)C1CSCCS1. The van der Waals surface area contributed by atoms with Crippen LogP contribution in [0, 0.1) is 0 Å². The highest BCUT2D eigenvalue weighted by Crippen LogP contribution is 2.34. The van der Waals surface area contributed by atoms with E-state index in [1.165, 1.54) is 27.3 Å². The van der Waals surface area contributed by atoms with Crippen molar-refractivity contribution in [3.63, 3.8) is 0 Å². The van der Waals surface area contributed by atoms with Crippen LogP contribution in [0.25, 0.3) is 0 Å². The summed E-state index contributed by atoms with van der Waals surface area (Å²) in [6.07, 6.45) is 0. The van der Waals surface area contributed by atoms with Crippen LogP contribution in [0.4, 0.5) is 0 Å². The molecule has 1 fully saturated rings. The van der Waals surface area contributed by atoms with Crippen molar-refractivity contribution in [1.29, 1.82) is 0 Å². The van der Waals surface area contributed by atoms with Crippen LogP contribution in [0.5, 0.6) is 0 Å². The second-order valence-corrected chi connectivity index (χ2v) is 7.24. The maximum absolute atomic E-state index is 3.48. The van der Waals surface area contributed by atoms with Crippen molar-refractivity contribution in [1.82, 2.24) is 0 Å². The minimum absolute atomic E-state index is 0.677. The molecule has 2 unspecified atom stereocenters. The van der Waals surface area contributed by atoms with E-state index in [0.717, 1.165) is 5.25 Å². The van der Waals surface area contributed by atoms with E-state index in [1.54, 1.807) is 0 Å². The van der Waals surface area contributed by atoms with Gasteiger partial charge in [-0.05, 0) is 23.6 Å². The van der Waals surface area contributed by atoms with Crippen molar-refractivity contribution in [3.05, 3.63) is 34.3 Å². The van der Waals surface area contributed by atoms with Crippen molar-refractivity contribution >= 4 is 39.5 Å².